The Labute approximate surface area is 131 Å². The van der Waals surface area contributed by atoms with E-state index < -0.39 is 10.0 Å². The molecule has 0 heterocycles. The molecule has 0 spiro atoms. The number of hydrogen-bond donors (Lipinski definition) is 1. The van der Waals surface area contributed by atoms with Gasteiger partial charge in [-0.05, 0) is 35.9 Å². The first kappa shape index (κ1) is 15.5. The Balaban J connectivity index is 2.29. The van der Waals surface area contributed by atoms with E-state index in [9.17, 15) is 8.42 Å². The second-order valence-corrected chi connectivity index (χ2v) is 6.41. The van der Waals surface area contributed by atoms with Crippen LogP contribution in [0.25, 0.3) is 10.4 Å². The summed E-state index contributed by atoms with van der Waals surface area (Å²) in [7, 11) is -3.76. The molecule has 0 saturated carbocycles. The van der Waals surface area contributed by atoms with Gasteiger partial charge in [-0.15, -0.1) is 0 Å². The zero-order valence-electron chi connectivity index (χ0n) is 10.4. The predicted molar refractivity (Wildman–Crippen MR) is 82.5 cm³/mol. The van der Waals surface area contributed by atoms with Crippen molar-refractivity contribution in [2.24, 2.45) is 5.11 Å². The molecule has 0 aromatic heterocycles. The zero-order valence-corrected chi connectivity index (χ0v) is 12.7. The number of hydrogen-bond acceptors (Lipinski definition) is 3. The topological polar surface area (TPSA) is 94.9 Å². The Hall–Kier alpha value is -1.92. The fraction of sp³-hybridized carbons (Fsp3) is 0. The minimum atomic E-state index is -3.76. The Morgan fingerprint density at radius 1 is 1.05 bits per heavy atom. The number of anilines is 1. The Bertz CT molecular complexity index is 816. The first-order chi connectivity index (χ1) is 9.92. The van der Waals surface area contributed by atoms with E-state index in [0.717, 1.165) is 0 Å². The van der Waals surface area contributed by atoms with Crippen molar-refractivity contribution in [2.45, 2.75) is 4.90 Å². The van der Waals surface area contributed by atoms with Gasteiger partial charge in [0.2, 0.25) is 0 Å². The lowest BCUT2D eigenvalue weighted by molar-refractivity contribution is 0.601. The first-order valence-electron chi connectivity index (χ1n) is 5.55. The summed E-state index contributed by atoms with van der Waals surface area (Å²) in [4.78, 5) is 2.65. The summed E-state index contributed by atoms with van der Waals surface area (Å²) in [6.45, 7) is 0. The van der Waals surface area contributed by atoms with E-state index in [1.807, 2.05) is 0 Å². The summed E-state index contributed by atoms with van der Waals surface area (Å²) in [5, 5.41) is 3.95. The first-order valence-corrected chi connectivity index (χ1v) is 7.79. The number of azide groups is 1. The Morgan fingerprint density at radius 2 is 1.71 bits per heavy atom. The van der Waals surface area contributed by atoms with Crippen molar-refractivity contribution in [3.8, 4) is 0 Å². The molecule has 1 N–H and O–H groups in total. The molecule has 0 aliphatic heterocycles. The molecule has 2 aromatic carbocycles. The van der Waals surface area contributed by atoms with Crippen molar-refractivity contribution in [1.29, 1.82) is 0 Å². The van der Waals surface area contributed by atoms with E-state index in [1.54, 1.807) is 0 Å². The smallest absolute Gasteiger partial charge is 0.261 e. The van der Waals surface area contributed by atoms with Gasteiger partial charge >= 0.3 is 0 Å². The molecule has 0 aliphatic carbocycles. The van der Waals surface area contributed by atoms with Gasteiger partial charge in [0.15, 0.2) is 0 Å². The van der Waals surface area contributed by atoms with E-state index in [2.05, 4.69) is 14.7 Å². The summed E-state index contributed by atoms with van der Waals surface area (Å²) in [6, 6.07) is 9.89. The maximum absolute atomic E-state index is 12.2. The van der Waals surface area contributed by atoms with Crippen LogP contribution in [-0.2, 0) is 10.0 Å². The predicted octanol–water partition coefficient (Wildman–Crippen LogP) is 4.74. The van der Waals surface area contributed by atoms with E-state index in [-0.39, 0.29) is 9.92 Å². The van der Waals surface area contributed by atoms with Crippen LogP contribution in [0.5, 0.6) is 0 Å². The van der Waals surface area contributed by atoms with Gasteiger partial charge in [-0.25, -0.2) is 8.42 Å². The summed E-state index contributed by atoms with van der Waals surface area (Å²) in [5.74, 6) is 0. The van der Waals surface area contributed by atoms with Crippen LogP contribution in [-0.4, -0.2) is 8.42 Å². The van der Waals surface area contributed by atoms with E-state index in [1.165, 1.54) is 42.5 Å². The van der Waals surface area contributed by atoms with Gasteiger partial charge < -0.3 is 0 Å². The van der Waals surface area contributed by atoms with Crippen molar-refractivity contribution in [3.05, 3.63) is 63.0 Å². The monoisotopic (exact) mass is 342 g/mol. The molecule has 0 aliphatic rings. The van der Waals surface area contributed by atoms with Gasteiger partial charge in [-0.1, -0.05) is 40.4 Å². The Morgan fingerprint density at radius 3 is 2.29 bits per heavy atom. The highest BCUT2D eigenvalue weighted by Gasteiger charge is 2.14. The van der Waals surface area contributed by atoms with Crippen LogP contribution in [0.15, 0.2) is 52.5 Å². The highest BCUT2D eigenvalue weighted by Crippen LogP contribution is 2.26. The second-order valence-electron chi connectivity index (χ2n) is 3.92. The molecular formula is C12H8Cl2N4O2S. The molecular weight excluding hydrogens is 335 g/mol. The fourth-order valence-electron chi connectivity index (χ4n) is 1.52. The van der Waals surface area contributed by atoms with Gasteiger partial charge in [-0.3, -0.25) is 4.72 Å². The minimum Gasteiger partial charge on any atom is -0.280 e. The highest BCUT2D eigenvalue weighted by atomic mass is 35.5. The third-order valence-electron chi connectivity index (χ3n) is 2.48. The molecule has 108 valence electrons. The van der Waals surface area contributed by atoms with Crippen molar-refractivity contribution >= 4 is 44.6 Å². The molecule has 0 fully saturated rings. The lowest BCUT2D eigenvalue weighted by Crippen LogP contribution is -2.12. The summed E-state index contributed by atoms with van der Waals surface area (Å²) in [6.07, 6.45) is 0. The number of rotatable bonds is 4. The molecule has 0 saturated heterocycles. The molecule has 2 aromatic rings. The molecule has 6 nitrogen and oxygen atoms in total. The summed E-state index contributed by atoms with van der Waals surface area (Å²) < 4.78 is 26.7. The summed E-state index contributed by atoms with van der Waals surface area (Å²) in [5.41, 5.74) is 8.92. The van der Waals surface area contributed by atoms with E-state index in [0.29, 0.717) is 16.4 Å². The van der Waals surface area contributed by atoms with Crippen molar-refractivity contribution in [1.82, 2.24) is 0 Å². The van der Waals surface area contributed by atoms with Crippen LogP contribution in [0.4, 0.5) is 11.4 Å². The third-order valence-corrected chi connectivity index (χ3v) is 4.62. The van der Waals surface area contributed by atoms with Gasteiger partial charge in [-0.2, -0.15) is 0 Å². The largest absolute Gasteiger partial charge is 0.280 e. The maximum atomic E-state index is 12.2. The average molecular weight is 343 g/mol. The number of sulfonamides is 1. The lowest BCUT2D eigenvalue weighted by Gasteiger charge is -2.09. The number of nitrogens with zero attached hydrogens (tertiary/aromatic N) is 3. The van der Waals surface area contributed by atoms with Crippen LogP contribution in [0.3, 0.4) is 0 Å². The quantitative estimate of drug-likeness (QED) is 0.493. The molecule has 9 heteroatoms. The molecule has 0 radical (unpaired) electrons. The number of halogens is 2. The zero-order chi connectivity index (χ0) is 15.5. The van der Waals surface area contributed by atoms with Crippen molar-refractivity contribution in [2.75, 3.05) is 4.72 Å². The number of nitrogens with one attached hydrogen (secondary N) is 1. The SMILES string of the molecule is [N-]=[N+]=Nc1ccc(S(=O)(=O)Nc2ccc(Cl)c(Cl)c2)cc1. The molecule has 0 atom stereocenters. The van der Waals surface area contributed by atoms with Gasteiger partial charge in [0.05, 0.1) is 20.6 Å². The average Bonchev–Trinajstić information content (AvgIpc) is 2.44. The van der Waals surface area contributed by atoms with Gasteiger partial charge in [0.1, 0.15) is 0 Å². The Kier molecular flexibility index (Phi) is 4.59. The third kappa shape index (κ3) is 3.80. The van der Waals surface area contributed by atoms with Gasteiger partial charge in [0, 0.05) is 10.6 Å². The molecule has 21 heavy (non-hydrogen) atoms. The standard InChI is InChI=1S/C12H8Cl2N4O2S/c13-11-6-3-9(7-12(11)14)17-21(19,20)10-4-1-8(2-5-10)16-18-15/h1-7,17H. The van der Waals surface area contributed by atoms with E-state index in [4.69, 9.17) is 28.7 Å². The second kappa shape index (κ2) is 6.24. The maximum Gasteiger partial charge on any atom is 0.261 e. The van der Waals surface area contributed by atoms with Crippen LogP contribution in [0.1, 0.15) is 0 Å². The summed E-state index contributed by atoms with van der Waals surface area (Å²) >= 11 is 11.6. The molecule has 0 unspecified atom stereocenters. The van der Waals surface area contributed by atoms with Crippen LogP contribution in [0, 0.1) is 0 Å². The number of benzene rings is 2. The fourth-order valence-corrected chi connectivity index (χ4v) is 2.86. The molecule has 2 rings (SSSR count). The van der Waals surface area contributed by atoms with Crippen LogP contribution >= 0.6 is 23.2 Å². The van der Waals surface area contributed by atoms with Crippen LogP contribution in [0.2, 0.25) is 10.0 Å². The highest BCUT2D eigenvalue weighted by molar-refractivity contribution is 7.92. The molecule has 0 bridgehead atoms. The van der Waals surface area contributed by atoms with Crippen molar-refractivity contribution < 1.29 is 8.42 Å². The van der Waals surface area contributed by atoms with Crippen molar-refractivity contribution in [3.63, 3.8) is 0 Å². The van der Waals surface area contributed by atoms with Gasteiger partial charge in [0.25, 0.3) is 10.0 Å². The lowest BCUT2D eigenvalue weighted by atomic mass is 10.3. The molecule has 0 amide bonds. The van der Waals surface area contributed by atoms with Crippen LogP contribution < -0.4 is 4.72 Å². The normalized spacial score (nSPS) is 10.8. The van der Waals surface area contributed by atoms with E-state index >= 15 is 0 Å². The minimum absolute atomic E-state index is 0.0328.